The molecule has 1 rings (SSSR count). The standard InChI is InChI=1S/C10H15NO3S/c1-8(2)7-11-15(13,14)10-5-3-4-9(12)6-10/h3-6,8,11-12H,7H2,1-2H3. The van der Waals surface area contributed by atoms with E-state index >= 15 is 0 Å². The van der Waals surface area contributed by atoms with E-state index in [2.05, 4.69) is 4.72 Å². The molecule has 5 heteroatoms. The quantitative estimate of drug-likeness (QED) is 0.818. The second-order valence-electron chi connectivity index (χ2n) is 3.74. The Bertz CT molecular complexity index is 426. The second-order valence-corrected chi connectivity index (χ2v) is 5.51. The molecule has 0 atom stereocenters. The Morgan fingerprint density at radius 1 is 1.40 bits per heavy atom. The molecule has 0 aliphatic carbocycles. The minimum Gasteiger partial charge on any atom is -0.508 e. The molecule has 15 heavy (non-hydrogen) atoms. The van der Waals surface area contributed by atoms with Crippen LogP contribution in [0.5, 0.6) is 5.75 Å². The fourth-order valence-electron chi connectivity index (χ4n) is 1.01. The number of benzene rings is 1. The summed E-state index contributed by atoms with van der Waals surface area (Å²) in [5.74, 6) is 0.194. The van der Waals surface area contributed by atoms with Gasteiger partial charge in [0.25, 0.3) is 0 Å². The molecule has 1 aromatic carbocycles. The van der Waals surface area contributed by atoms with Crippen LogP contribution in [-0.2, 0) is 10.0 Å². The molecule has 84 valence electrons. The number of rotatable bonds is 4. The van der Waals surface area contributed by atoms with Crippen molar-refractivity contribution >= 4 is 10.0 Å². The summed E-state index contributed by atoms with van der Waals surface area (Å²) in [6.45, 7) is 4.23. The first kappa shape index (κ1) is 12.0. The largest absolute Gasteiger partial charge is 0.508 e. The third-order valence-corrected chi connectivity index (χ3v) is 3.23. The van der Waals surface area contributed by atoms with Crippen molar-refractivity contribution in [2.45, 2.75) is 18.7 Å². The number of aromatic hydroxyl groups is 1. The lowest BCUT2D eigenvalue weighted by Crippen LogP contribution is -2.27. The van der Waals surface area contributed by atoms with Crippen molar-refractivity contribution in [1.29, 1.82) is 0 Å². The molecule has 0 aromatic heterocycles. The molecule has 0 heterocycles. The molecule has 0 saturated carbocycles. The molecule has 0 radical (unpaired) electrons. The van der Waals surface area contributed by atoms with Gasteiger partial charge in [-0.3, -0.25) is 0 Å². The zero-order valence-electron chi connectivity index (χ0n) is 8.77. The van der Waals surface area contributed by atoms with Gasteiger partial charge in [0.05, 0.1) is 4.90 Å². The van der Waals surface area contributed by atoms with Gasteiger partial charge in [-0.2, -0.15) is 0 Å². The van der Waals surface area contributed by atoms with Crippen LogP contribution in [0.15, 0.2) is 29.2 Å². The van der Waals surface area contributed by atoms with Gasteiger partial charge in [0, 0.05) is 6.54 Å². The second kappa shape index (κ2) is 4.63. The van der Waals surface area contributed by atoms with Gasteiger partial charge >= 0.3 is 0 Å². The maximum atomic E-state index is 11.7. The van der Waals surface area contributed by atoms with Crippen LogP contribution in [0, 0.1) is 5.92 Å². The SMILES string of the molecule is CC(C)CNS(=O)(=O)c1cccc(O)c1. The van der Waals surface area contributed by atoms with E-state index in [1.807, 2.05) is 13.8 Å². The molecule has 0 spiro atoms. The predicted octanol–water partition coefficient (Wildman–Crippen LogP) is 1.33. The highest BCUT2D eigenvalue weighted by atomic mass is 32.2. The van der Waals surface area contributed by atoms with Crippen LogP contribution in [-0.4, -0.2) is 20.1 Å². The number of sulfonamides is 1. The van der Waals surface area contributed by atoms with Crippen LogP contribution in [0.3, 0.4) is 0 Å². The lowest BCUT2D eigenvalue weighted by atomic mass is 10.2. The minimum atomic E-state index is -3.49. The van der Waals surface area contributed by atoms with Crippen LogP contribution in [0.1, 0.15) is 13.8 Å². The molecule has 0 fully saturated rings. The molecule has 0 amide bonds. The van der Waals surface area contributed by atoms with E-state index in [0.717, 1.165) is 0 Å². The highest BCUT2D eigenvalue weighted by Gasteiger charge is 2.14. The molecule has 0 aliphatic rings. The molecule has 4 nitrogen and oxygen atoms in total. The summed E-state index contributed by atoms with van der Waals surface area (Å²) in [6, 6.07) is 5.60. The maximum absolute atomic E-state index is 11.7. The van der Waals surface area contributed by atoms with Crippen molar-refractivity contribution in [2.24, 2.45) is 5.92 Å². The first-order chi connectivity index (χ1) is 6.92. The van der Waals surface area contributed by atoms with Gasteiger partial charge < -0.3 is 5.11 Å². The third-order valence-electron chi connectivity index (χ3n) is 1.81. The van der Waals surface area contributed by atoms with Gasteiger partial charge in [-0.15, -0.1) is 0 Å². The average molecular weight is 229 g/mol. The number of hydrogen-bond acceptors (Lipinski definition) is 3. The topological polar surface area (TPSA) is 66.4 Å². The highest BCUT2D eigenvalue weighted by Crippen LogP contribution is 2.15. The number of phenolic OH excluding ortho intramolecular Hbond substituents is 1. The van der Waals surface area contributed by atoms with E-state index in [1.54, 1.807) is 0 Å². The van der Waals surface area contributed by atoms with Crippen molar-refractivity contribution in [2.75, 3.05) is 6.54 Å². The molecular formula is C10H15NO3S. The summed E-state index contributed by atoms with van der Waals surface area (Å²) in [7, 11) is -3.49. The third kappa shape index (κ3) is 3.53. The van der Waals surface area contributed by atoms with Crippen LogP contribution in [0.25, 0.3) is 0 Å². The van der Waals surface area contributed by atoms with Gasteiger partial charge in [0.15, 0.2) is 0 Å². The minimum absolute atomic E-state index is 0.0533. The number of phenols is 1. The van der Waals surface area contributed by atoms with Crippen molar-refractivity contribution in [1.82, 2.24) is 4.72 Å². The van der Waals surface area contributed by atoms with Gasteiger partial charge in [-0.1, -0.05) is 19.9 Å². The van der Waals surface area contributed by atoms with Gasteiger partial charge in [0.2, 0.25) is 10.0 Å². The fraction of sp³-hybridized carbons (Fsp3) is 0.400. The lowest BCUT2D eigenvalue weighted by Gasteiger charge is -2.08. The van der Waals surface area contributed by atoms with E-state index < -0.39 is 10.0 Å². The van der Waals surface area contributed by atoms with Gasteiger partial charge in [-0.05, 0) is 24.1 Å². The Morgan fingerprint density at radius 2 is 2.07 bits per heavy atom. The van der Waals surface area contributed by atoms with E-state index in [9.17, 15) is 8.42 Å². The van der Waals surface area contributed by atoms with Crippen LogP contribution in [0.4, 0.5) is 0 Å². The zero-order valence-corrected chi connectivity index (χ0v) is 9.58. The summed E-state index contributed by atoms with van der Waals surface area (Å²) in [4.78, 5) is 0.0863. The van der Waals surface area contributed by atoms with E-state index in [0.29, 0.717) is 6.54 Å². The summed E-state index contributed by atoms with van der Waals surface area (Å²) in [5.41, 5.74) is 0. The predicted molar refractivity (Wildman–Crippen MR) is 58.1 cm³/mol. The first-order valence-corrected chi connectivity index (χ1v) is 6.19. The Balaban J connectivity index is 2.87. The van der Waals surface area contributed by atoms with Crippen LogP contribution < -0.4 is 4.72 Å². The number of hydrogen-bond donors (Lipinski definition) is 2. The summed E-state index contributed by atoms with van der Waals surface area (Å²) >= 11 is 0. The fourth-order valence-corrected chi connectivity index (χ4v) is 2.26. The molecular weight excluding hydrogens is 214 g/mol. The highest BCUT2D eigenvalue weighted by molar-refractivity contribution is 7.89. The summed E-state index contributed by atoms with van der Waals surface area (Å²) in [6.07, 6.45) is 0. The lowest BCUT2D eigenvalue weighted by molar-refractivity contribution is 0.473. The van der Waals surface area contributed by atoms with E-state index in [-0.39, 0.29) is 16.6 Å². The van der Waals surface area contributed by atoms with E-state index in [1.165, 1.54) is 24.3 Å². The molecule has 1 aromatic rings. The molecule has 0 unspecified atom stereocenters. The summed E-state index contributed by atoms with van der Waals surface area (Å²) in [5, 5.41) is 9.16. The van der Waals surface area contributed by atoms with Crippen LogP contribution >= 0.6 is 0 Å². The van der Waals surface area contributed by atoms with Gasteiger partial charge in [-0.25, -0.2) is 13.1 Å². The molecule has 0 saturated heterocycles. The van der Waals surface area contributed by atoms with Crippen molar-refractivity contribution in [3.63, 3.8) is 0 Å². The monoisotopic (exact) mass is 229 g/mol. The molecule has 2 N–H and O–H groups in total. The van der Waals surface area contributed by atoms with Crippen LogP contribution in [0.2, 0.25) is 0 Å². The Morgan fingerprint density at radius 3 is 2.60 bits per heavy atom. The molecule has 0 aliphatic heterocycles. The normalized spacial score (nSPS) is 11.9. The van der Waals surface area contributed by atoms with E-state index in [4.69, 9.17) is 5.11 Å². The number of nitrogens with one attached hydrogen (secondary N) is 1. The first-order valence-electron chi connectivity index (χ1n) is 4.70. The Kier molecular flexibility index (Phi) is 3.71. The van der Waals surface area contributed by atoms with Crippen molar-refractivity contribution < 1.29 is 13.5 Å². The average Bonchev–Trinajstić information content (AvgIpc) is 2.15. The maximum Gasteiger partial charge on any atom is 0.240 e. The van der Waals surface area contributed by atoms with Crippen molar-refractivity contribution in [3.05, 3.63) is 24.3 Å². The van der Waals surface area contributed by atoms with Gasteiger partial charge in [0.1, 0.15) is 5.75 Å². The Hall–Kier alpha value is -1.07. The molecule has 0 bridgehead atoms. The summed E-state index contributed by atoms with van der Waals surface area (Å²) < 4.78 is 25.8. The zero-order chi connectivity index (χ0) is 11.5. The van der Waals surface area contributed by atoms with Crippen molar-refractivity contribution in [3.8, 4) is 5.75 Å². The Labute approximate surface area is 90.0 Å². The smallest absolute Gasteiger partial charge is 0.240 e.